The monoisotopic (exact) mass is 290 g/mol. The summed E-state index contributed by atoms with van der Waals surface area (Å²) in [5, 5.41) is -0.655. The van der Waals surface area contributed by atoms with Gasteiger partial charge in [0.2, 0.25) is 0 Å². The predicted octanol–water partition coefficient (Wildman–Crippen LogP) is 3.32. The van der Waals surface area contributed by atoms with E-state index < -0.39 is 27.8 Å². The molecule has 1 aromatic rings. The summed E-state index contributed by atoms with van der Waals surface area (Å²) in [4.78, 5) is 11.8. The van der Waals surface area contributed by atoms with Crippen molar-refractivity contribution in [1.29, 1.82) is 0 Å². The first-order chi connectivity index (χ1) is 8.89. The van der Waals surface area contributed by atoms with Crippen molar-refractivity contribution in [2.24, 2.45) is 0 Å². The molecule has 2 unspecified atom stereocenters. The van der Waals surface area contributed by atoms with Gasteiger partial charge in [0, 0.05) is 11.3 Å². The van der Waals surface area contributed by atoms with Gasteiger partial charge in [-0.25, -0.2) is 0 Å². The van der Waals surface area contributed by atoms with Crippen LogP contribution >= 0.6 is 0 Å². The predicted molar refractivity (Wildman–Crippen MR) is 65.1 cm³/mol. The molecule has 0 spiro atoms. The SMILES string of the molecule is O=C1CCCCC1S(=O)c1cccc(C(F)(F)F)c1. The van der Waals surface area contributed by atoms with E-state index in [-0.39, 0.29) is 10.7 Å². The highest BCUT2D eigenvalue weighted by molar-refractivity contribution is 7.86. The first kappa shape index (κ1) is 14.2. The normalized spacial score (nSPS) is 22.3. The zero-order valence-corrected chi connectivity index (χ0v) is 10.9. The number of carbonyl (C=O) groups is 1. The van der Waals surface area contributed by atoms with Gasteiger partial charge in [0.15, 0.2) is 0 Å². The highest BCUT2D eigenvalue weighted by Crippen LogP contribution is 2.31. The lowest BCUT2D eigenvalue weighted by molar-refractivity contribution is -0.137. The van der Waals surface area contributed by atoms with Crippen LogP contribution in [0.4, 0.5) is 13.2 Å². The molecule has 0 saturated heterocycles. The van der Waals surface area contributed by atoms with E-state index in [0.29, 0.717) is 12.8 Å². The highest BCUT2D eigenvalue weighted by atomic mass is 32.2. The third kappa shape index (κ3) is 3.23. The molecular formula is C13H13F3O2S. The van der Waals surface area contributed by atoms with Crippen LogP contribution in [-0.4, -0.2) is 15.2 Å². The summed E-state index contributed by atoms with van der Waals surface area (Å²) in [6.45, 7) is 0. The molecule has 0 amide bonds. The average molecular weight is 290 g/mol. The van der Waals surface area contributed by atoms with Gasteiger partial charge in [0.1, 0.15) is 5.78 Å². The Morgan fingerprint density at radius 1 is 1.21 bits per heavy atom. The third-order valence-electron chi connectivity index (χ3n) is 3.15. The summed E-state index contributed by atoms with van der Waals surface area (Å²) >= 11 is 0. The molecule has 0 bridgehead atoms. The van der Waals surface area contributed by atoms with Crippen LogP contribution in [0.3, 0.4) is 0 Å². The molecule has 1 aliphatic rings. The second-order valence-electron chi connectivity index (χ2n) is 4.52. The van der Waals surface area contributed by atoms with E-state index >= 15 is 0 Å². The molecule has 19 heavy (non-hydrogen) atoms. The molecule has 2 rings (SSSR count). The molecular weight excluding hydrogens is 277 g/mol. The second-order valence-corrected chi connectivity index (χ2v) is 6.16. The topological polar surface area (TPSA) is 34.1 Å². The van der Waals surface area contributed by atoms with Gasteiger partial charge in [-0.05, 0) is 31.0 Å². The molecule has 104 valence electrons. The number of rotatable bonds is 2. The summed E-state index contributed by atoms with van der Waals surface area (Å²) in [5.74, 6) is -0.109. The Morgan fingerprint density at radius 2 is 1.95 bits per heavy atom. The smallest absolute Gasteiger partial charge is 0.298 e. The minimum Gasteiger partial charge on any atom is -0.298 e. The van der Waals surface area contributed by atoms with Crippen LogP contribution in [0.2, 0.25) is 0 Å². The summed E-state index contributed by atoms with van der Waals surface area (Å²) in [5.41, 5.74) is -0.832. The Labute approximate surface area is 111 Å². The maximum atomic E-state index is 12.6. The Bertz CT molecular complexity index is 511. The molecule has 1 aliphatic carbocycles. The molecule has 2 nitrogen and oxygen atoms in total. The van der Waals surface area contributed by atoms with E-state index in [9.17, 15) is 22.2 Å². The van der Waals surface area contributed by atoms with Crippen LogP contribution < -0.4 is 0 Å². The van der Waals surface area contributed by atoms with Crippen molar-refractivity contribution in [2.45, 2.75) is 42.0 Å². The van der Waals surface area contributed by atoms with Gasteiger partial charge in [-0.2, -0.15) is 13.2 Å². The van der Waals surface area contributed by atoms with Crippen molar-refractivity contribution < 1.29 is 22.2 Å². The highest BCUT2D eigenvalue weighted by Gasteiger charge is 2.33. The van der Waals surface area contributed by atoms with E-state index in [2.05, 4.69) is 0 Å². The van der Waals surface area contributed by atoms with Crippen LogP contribution in [-0.2, 0) is 21.8 Å². The Hall–Kier alpha value is -1.17. The number of hydrogen-bond acceptors (Lipinski definition) is 2. The fraction of sp³-hybridized carbons (Fsp3) is 0.462. The number of benzene rings is 1. The molecule has 0 aliphatic heterocycles. The summed E-state index contributed by atoms with van der Waals surface area (Å²) < 4.78 is 50.0. The van der Waals surface area contributed by atoms with Crippen molar-refractivity contribution in [1.82, 2.24) is 0 Å². The number of alkyl halides is 3. The van der Waals surface area contributed by atoms with E-state index in [1.54, 1.807) is 0 Å². The van der Waals surface area contributed by atoms with Gasteiger partial charge in [0.25, 0.3) is 0 Å². The minimum absolute atomic E-state index is 0.0788. The molecule has 2 atom stereocenters. The second kappa shape index (κ2) is 5.45. The van der Waals surface area contributed by atoms with Crippen LogP contribution in [0.1, 0.15) is 31.2 Å². The zero-order valence-electron chi connectivity index (χ0n) is 10.1. The first-order valence-corrected chi connectivity index (χ1v) is 7.21. The summed E-state index contributed by atoms with van der Waals surface area (Å²) in [6, 6.07) is 4.41. The average Bonchev–Trinajstić information content (AvgIpc) is 2.38. The molecule has 0 heterocycles. The molecule has 1 aromatic carbocycles. The lowest BCUT2D eigenvalue weighted by Gasteiger charge is -2.20. The fourth-order valence-corrected chi connectivity index (χ4v) is 3.66. The number of halogens is 3. The minimum atomic E-state index is -4.46. The van der Waals surface area contributed by atoms with E-state index in [1.165, 1.54) is 12.1 Å². The van der Waals surface area contributed by atoms with Crippen molar-refractivity contribution in [3.05, 3.63) is 29.8 Å². The van der Waals surface area contributed by atoms with Crippen LogP contribution in [0.25, 0.3) is 0 Å². The summed E-state index contributed by atoms with van der Waals surface area (Å²) in [6.07, 6.45) is -2.04. The molecule has 0 N–H and O–H groups in total. The number of Topliss-reactive ketones (excluding diaryl/α,β-unsaturated/α-hetero) is 1. The number of ketones is 1. The molecule has 1 fully saturated rings. The summed E-state index contributed by atoms with van der Waals surface area (Å²) in [7, 11) is -1.69. The largest absolute Gasteiger partial charge is 0.416 e. The third-order valence-corrected chi connectivity index (χ3v) is 4.88. The zero-order chi connectivity index (χ0) is 14.0. The Morgan fingerprint density at radius 3 is 2.58 bits per heavy atom. The van der Waals surface area contributed by atoms with Gasteiger partial charge >= 0.3 is 6.18 Å². The maximum absolute atomic E-state index is 12.6. The lowest BCUT2D eigenvalue weighted by atomic mass is 9.99. The van der Waals surface area contributed by atoms with Gasteiger partial charge in [-0.15, -0.1) is 0 Å². The van der Waals surface area contributed by atoms with E-state index in [0.717, 1.165) is 25.0 Å². The van der Waals surface area contributed by atoms with E-state index in [4.69, 9.17) is 0 Å². The molecule has 0 radical (unpaired) electrons. The van der Waals surface area contributed by atoms with Gasteiger partial charge in [0.05, 0.1) is 21.6 Å². The van der Waals surface area contributed by atoms with E-state index in [1.807, 2.05) is 0 Å². The maximum Gasteiger partial charge on any atom is 0.416 e. The molecule has 6 heteroatoms. The van der Waals surface area contributed by atoms with Gasteiger partial charge in [-0.1, -0.05) is 12.5 Å². The lowest BCUT2D eigenvalue weighted by Crippen LogP contribution is -2.29. The Balaban J connectivity index is 2.26. The quantitative estimate of drug-likeness (QED) is 0.837. The van der Waals surface area contributed by atoms with Crippen molar-refractivity contribution in [3.63, 3.8) is 0 Å². The number of carbonyl (C=O) groups excluding carboxylic acids is 1. The van der Waals surface area contributed by atoms with Crippen LogP contribution in [0.15, 0.2) is 29.2 Å². The van der Waals surface area contributed by atoms with Crippen molar-refractivity contribution in [3.8, 4) is 0 Å². The Kier molecular flexibility index (Phi) is 4.08. The fourth-order valence-electron chi connectivity index (χ4n) is 2.14. The van der Waals surface area contributed by atoms with Crippen molar-refractivity contribution in [2.75, 3.05) is 0 Å². The van der Waals surface area contributed by atoms with Crippen LogP contribution in [0, 0.1) is 0 Å². The van der Waals surface area contributed by atoms with Crippen LogP contribution in [0.5, 0.6) is 0 Å². The van der Waals surface area contributed by atoms with Gasteiger partial charge < -0.3 is 0 Å². The molecule has 0 aromatic heterocycles. The standard InChI is InChI=1S/C13H13F3O2S/c14-13(15,16)9-4-3-5-10(8-9)19(18)12-7-2-1-6-11(12)17/h3-5,8,12H,1-2,6-7H2. The first-order valence-electron chi connectivity index (χ1n) is 6.00. The molecule has 1 saturated carbocycles. The van der Waals surface area contributed by atoms with Crippen molar-refractivity contribution >= 4 is 16.6 Å². The number of hydrogen-bond donors (Lipinski definition) is 0. The van der Waals surface area contributed by atoms with Gasteiger partial charge in [-0.3, -0.25) is 9.00 Å².